The molecule has 1 saturated carbocycles. The minimum absolute atomic E-state index is 0.0996. The van der Waals surface area contributed by atoms with Crippen molar-refractivity contribution in [3.63, 3.8) is 0 Å². The molecule has 0 saturated heterocycles. The number of amides is 3. The zero-order chi connectivity index (χ0) is 18.5. The lowest BCUT2D eigenvalue weighted by atomic mass is 10.1. The molecule has 1 aliphatic carbocycles. The third kappa shape index (κ3) is 4.92. The quantitative estimate of drug-likeness (QED) is 0.747. The number of benzene rings is 2. The molecule has 0 heterocycles. The van der Waals surface area contributed by atoms with Crippen molar-refractivity contribution < 1.29 is 14.4 Å². The fourth-order valence-corrected chi connectivity index (χ4v) is 2.44. The second-order valence-electron chi connectivity index (χ2n) is 6.39. The zero-order valence-corrected chi connectivity index (χ0v) is 14.5. The molecule has 1 aliphatic rings. The van der Waals surface area contributed by atoms with E-state index >= 15 is 0 Å². The largest absolute Gasteiger partial charge is 0.352 e. The minimum Gasteiger partial charge on any atom is -0.352 e. The predicted octanol–water partition coefficient (Wildman–Crippen LogP) is 2.47. The van der Waals surface area contributed by atoms with E-state index in [9.17, 15) is 14.4 Å². The molecule has 1 fully saturated rings. The highest BCUT2D eigenvalue weighted by Crippen LogP contribution is 2.20. The lowest BCUT2D eigenvalue weighted by Gasteiger charge is -2.09. The van der Waals surface area contributed by atoms with Crippen molar-refractivity contribution in [2.45, 2.75) is 32.4 Å². The first kappa shape index (κ1) is 17.7. The summed E-state index contributed by atoms with van der Waals surface area (Å²) in [6.45, 7) is 1.89. The summed E-state index contributed by atoms with van der Waals surface area (Å²) in [5.74, 6) is -0.473. The summed E-state index contributed by atoms with van der Waals surface area (Å²) in [6.07, 6.45) is 2.06. The third-order valence-electron chi connectivity index (χ3n) is 4.05. The van der Waals surface area contributed by atoms with Gasteiger partial charge in [0.25, 0.3) is 11.8 Å². The smallest absolute Gasteiger partial charge is 0.255 e. The summed E-state index contributed by atoms with van der Waals surface area (Å²) in [5, 5.41) is 8.44. The van der Waals surface area contributed by atoms with Crippen LogP contribution < -0.4 is 16.0 Å². The van der Waals surface area contributed by atoms with Gasteiger partial charge in [0.15, 0.2) is 0 Å². The molecule has 2 aromatic carbocycles. The molecule has 0 aromatic heterocycles. The van der Waals surface area contributed by atoms with Crippen molar-refractivity contribution in [2.75, 3.05) is 5.32 Å². The first-order valence-electron chi connectivity index (χ1n) is 8.57. The Kier molecular flexibility index (Phi) is 5.31. The molecule has 6 heteroatoms. The average molecular weight is 351 g/mol. The average Bonchev–Trinajstić information content (AvgIpc) is 3.44. The van der Waals surface area contributed by atoms with Crippen molar-refractivity contribution in [1.29, 1.82) is 0 Å². The van der Waals surface area contributed by atoms with Gasteiger partial charge in [-0.1, -0.05) is 18.2 Å². The van der Waals surface area contributed by atoms with Gasteiger partial charge in [-0.3, -0.25) is 14.4 Å². The van der Waals surface area contributed by atoms with Crippen LogP contribution in [0.4, 0.5) is 5.69 Å². The second-order valence-corrected chi connectivity index (χ2v) is 6.39. The highest BCUT2D eigenvalue weighted by atomic mass is 16.2. The summed E-state index contributed by atoms with van der Waals surface area (Å²) in [6, 6.07) is 14.2. The number of anilines is 1. The van der Waals surface area contributed by atoms with Crippen LogP contribution >= 0.6 is 0 Å². The summed E-state index contributed by atoms with van der Waals surface area (Å²) < 4.78 is 0. The summed E-state index contributed by atoms with van der Waals surface area (Å²) in [4.78, 5) is 35.4. The lowest BCUT2D eigenvalue weighted by Crippen LogP contribution is -2.25. The molecule has 134 valence electrons. The van der Waals surface area contributed by atoms with Gasteiger partial charge in [-0.15, -0.1) is 0 Å². The van der Waals surface area contributed by atoms with Crippen molar-refractivity contribution in [1.82, 2.24) is 10.6 Å². The van der Waals surface area contributed by atoms with Gasteiger partial charge in [0, 0.05) is 36.3 Å². The van der Waals surface area contributed by atoms with Crippen molar-refractivity contribution >= 4 is 23.4 Å². The van der Waals surface area contributed by atoms with Crippen LogP contribution in [-0.2, 0) is 11.3 Å². The van der Waals surface area contributed by atoms with E-state index < -0.39 is 0 Å². The maximum atomic E-state index is 12.4. The summed E-state index contributed by atoms with van der Waals surface area (Å²) in [7, 11) is 0. The fraction of sp³-hybridized carbons (Fsp3) is 0.250. The summed E-state index contributed by atoms with van der Waals surface area (Å²) in [5.41, 5.74) is 2.51. The van der Waals surface area contributed by atoms with Gasteiger partial charge < -0.3 is 16.0 Å². The SMILES string of the molecule is CC(=O)NCc1ccc(C(=O)Nc2cccc(C(=O)NC3CC3)c2)cc1. The van der Waals surface area contributed by atoms with Crippen molar-refractivity contribution in [2.24, 2.45) is 0 Å². The van der Waals surface area contributed by atoms with Crippen LogP contribution in [0.1, 0.15) is 46.0 Å². The van der Waals surface area contributed by atoms with E-state index in [0.29, 0.717) is 23.4 Å². The van der Waals surface area contributed by atoms with Gasteiger partial charge in [0.2, 0.25) is 5.91 Å². The third-order valence-corrected chi connectivity index (χ3v) is 4.05. The minimum atomic E-state index is -0.254. The Morgan fingerprint density at radius 1 is 0.962 bits per heavy atom. The van der Waals surface area contributed by atoms with Crippen LogP contribution in [0.5, 0.6) is 0 Å². The predicted molar refractivity (Wildman–Crippen MR) is 98.8 cm³/mol. The Labute approximate surface area is 152 Å². The van der Waals surface area contributed by atoms with E-state index in [1.165, 1.54) is 6.92 Å². The maximum absolute atomic E-state index is 12.4. The molecule has 0 spiro atoms. The highest BCUT2D eigenvalue weighted by Gasteiger charge is 2.23. The standard InChI is InChI=1S/C20H21N3O3/c1-13(24)21-12-14-5-7-15(8-6-14)19(25)23-18-4-2-3-16(11-18)20(26)22-17-9-10-17/h2-8,11,17H,9-10,12H2,1H3,(H,21,24)(H,22,26)(H,23,25). The first-order chi connectivity index (χ1) is 12.5. The maximum Gasteiger partial charge on any atom is 0.255 e. The highest BCUT2D eigenvalue weighted by molar-refractivity contribution is 6.05. The summed E-state index contributed by atoms with van der Waals surface area (Å²) >= 11 is 0. The molecule has 3 N–H and O–H groups in total. The molecule has 0 bridgehead atoms. The number of hydrogen-bond donors (Lipinski definition) is 3. The van der Waals surface area contributed by atoms with E-state index in [-0.39, 0.29) is 23.8 Å². The van der Waals surface area contributed by atoms with Gasteiger partial charge in [0.1, 0.15) is 0 Å². The van der Waals surface area contributed by atoms with Gasteiger partial charge >= 0.3 is 0 Å². The number of nitrogens with one attached hydrogen (secondary N) is 3. The molecule has 3 rings (SSSR count). The Bertz CT molecular complexity index is 826. The fourth-order valence-electron chi connectivity index (χ4n) is 2.44. The van der Waals surface area contributed by atoms with E-state index in [1.54, 1.807) is 48.5 Å². The van der Waals surface area contributed by atoms with Crippen LogP contribution in [-0.4, -0.2) is 23.8 Å². The number of hydrogen-bond acceptors (Lipinski definition) is 3. The van der Waals surface area contributed by atoms with Crippen LogP contribution in [0.2, 0.25) is 0 Å². The first-order valence-corrected chi connectivity index (χ1v) is 8.57. The molecule has 0 atom stereocenters. The Hall–Kier alpha value is -3.15. The molecule has 6 nitrogen and oxygen atoms in total. The van der Waals surface area contributed by atoms with Crippen LogP contribution in [0.25, 0.3) is 0 Å². The molecule has 0 unspecified atom stereocenters. The topological polar surface area (TPSA) is 87.3 Å². The molecule has 0 radical (unpaired) electrons. The molecule has 0 aliphatic heterocycles. The molecule has 2 aromatic rings. The van der Waals surface area contributed by atoms with Crippen LogP contribution in [0.15, 0.2) is 48.5 Å². The number of carbonyl (C=O) groups excluding carboxylic acids is 3. The number of rotatable bonds is 6. The molecular weight excluding hydrogens is 330 g/mol. The Morgan fingerprint density at radius 3 is 2.35 bits per heavy atom. The second kappa shape index (κ2) is 7.82. The number of carbonyl (C=O) groups is 3. The molecular formula is C20H21N3O3. The van der Waals surface area contributed by atoms with Gasteiger partial charge in [-0.2, -0.15) is 0 Å². The zero-order valence-electron chi connectivity index (χ0n) is 14.5. The van der Waals surface area contributed by atoms with Crippen LogP contribution in [0.3, 0.4) is 0 Å². The van der Waals surface area contributed by atoms with E-state index in [2.05, 4.69) is 16.0 Å². The van der Waals surface area contributed by atoms with Crippen LogP contribution in [0, 0.1) is 0 Å². The van der Waals surface area contributed by atoms with Crippen molar-refractivity contribution in [3.05, 3.63) is 65.2 Å². The van der Waals surface area contributed by atoms with Gasteiger partial charge in [-0.05, 0) is 48.7 Å². The molecule has 3 amide bonds. The Morgan fingerprint density at radius 2 is 1.69 bits per heavy atom. The molecule has 26 heavy (non-hydrogen) atoms. The van der Waals surface area contributed by atoms with E-state index in [4.69, 9.17) is 0 Å². The van der Waals surface area contributed by atoms with E-state index in [0.717, 1.165) is 18.4 Å². The van der Waals surface area contributed by atoms with E-state index in [1.807, 2.05) is 0 Å². The lowest BCUT2D eigenvalue weighted by molar-refractivity contribution is -0.119. The normalized spacial score (nSPS) is 13.0. The monoisotopic (exact) mass is 351 g/mol. The van der Waals surface area contributed by atoms with Gasteiger partial charge in [0.05, 0.1) is 0 Å². The Balaban J connectivity index is 1.62. The van der Waals surface area contributed by atoms with Gasteiger partial charge in [-0.25, -0.2) is 0 Å². The van der Waals surface area contributed by atoms with Crippen molar-refractivity contribution in [3.8, 4) is 0 Å².